The second-order valence-corrected chi connectivity index (χ2v) is 17.2. The van der Waals surface area contributed by atoms with E-state index in [0.29, 0.717) is 29.6 Å². The number of rotatable bonds is 19. The minimum atomic E-state index is -0.636. The third kappa shape index (κ3) is 9.70. The number of methoxy groups -OCH3 is 1. The van der Waals surface area contributed by atoms with Crippen LogP contribution in [0.5, 0.6) is 0 Å². The predicted octanol–water partition coefficient (Wildman–Crippen LogP) is 8.75. The van der Waals surface area contributed by atoms with Gasteiger partial charge in [0.2, 0.25) is 5.91 Å². The third-order valence-electron chi connectivity index (χ3n) is 14.5. The summed E-state index contributed by atoms with van der Waals surface area (Å²) in [4.78, 5) is 25.4. The topological polar surface area (TPSA) is 93.4 Å². The summed E-state index contributed by atoms with van der Waals surface area (Å²) in [7, 11) is 1.39. The molecule has 0 aliphatic heterocycles. The van der Waals surface area contributed by atoms with Crippen LogP contribution in [0.3, 0.4) is 0 Å². The van der Waals surface area contributed by atoms with Crippen molar-refractivity contribution in [3.05, 3.63) is 35.9 Å². The number of esters is 1. The van der Waals surface area contributed by atoms with Crippen LogP contribution in [0, 0.1) is 40.4 Å². The van der Waals surface area contributed by atoms with Crippen molar-refractivity contribution in [1.29, 1.82) is 0 Å². The second kappa shape index (κ2) is 18.5. The Hall–Kier alpha value is -1.92. The first-order valence-corrected chi connectivity index (χ1v) is 20.6. The molecule has 4 fully saturated rings. The molecule has 4 aliphatic rings. The maximum absolute atomic E-state index is 13.0. The Kier molecular flexibility index (Phi) is 14.5. The monoisotopic (exact) mass is 678 g/mol. The van der Waals surface area contributed by atoms with E-state index in [1.807, 2.05) is 30.3 Å². The number of nitrogens with two attached hydrogens (primary N) is 1. The quantitative estimate of drug-likeness (QED) is 0.101. The van der Waals surface area contributed by atoms with Gasteiger partial charge in [0.1, 0.15) is 6.04 Å². The summed E-state index contributed by atoms with van der Waals surface area (Å²) >= 11 is 0. The van der Waals surface area contributed by atoms with Gasteiger partial charge in [0.25, 0.3) is 0 Å². The fourth-order valence-corrected chi connectivity index (χ4v) is 11.6. The van der Waals surface area contributed by atoms with Crippen molar-refractivity contribution < 1.29 is 14.3 Å². The fraction of sp³-hybridized carbons (Fsp3) is 0.814. The summed E-state index contributed by atoms with van der Waals surface area (Å²) in [6.07, 6.45) is 26.2. The molecule has 6 heteroatoms. The molecule has 5 rings (SSSR count). The lowest BCUT2D eigenvalue weighted by atomic mass is 9.44. The Balaban J connectivity index is 1.03. The van der Waals surface area contributed by atoms with Gasteiger partial charge >= 0.3 is 5.97 Å². The summed E-state index contributed by atoms with van der Waals surface area (Å²) in [6, 6.07) is 9.95. The van der Waals surface area contributed by atoms with Gasteiger partial charge in [-0.15, -0.1) is 0 Å². The van der Waals surface area contributed by atoms with Gasteiger partial charge in [0.15, 0.2) is 0 Å². The number of unbranched alkanes of at least 4 members (excludes halogenated alkanes) is 7. The zero-order valence-corrected chi connectivity index (χ0v) is 31.5. The molecule has 9 unspecified atom stereocenters. The Morgan fingerprint density at radius 2 is 1.53 bits per heavy atom. The Labute approximate surface area is 299 Å². The van der Waals surface area contributed by atoms with Crippen molar-refractivity contribution in [2.24, 2.45) is 46.2 Å². The van der Waals surface area contributed by atoms with Crippen molar-refractivity contribution in [3.63, 3.8) is 0 Å². The van der Waals surface area contributed by atoms with Gasteiger partial charge in [-0.1, -0.05) is 82.7 Å². The molecule has 1 aromatic carbocycles. The van der Waals surface area contributed by atoms with Crippen LogP contribution in [0.25, 0.3) is 0 Å². The van der Waals surface area contributed by atoms with Crippen LogP contribution in [-0.2, 0) is 20.7 Å². The highest BCUT2D eigenvalue weighted by Gasteiger charge is 2.59. The van der Waals surface area contributed by atoms with Gasteiger partial charge in [-0.2, -0.15) is 0 Å². The molecule has 4 N–H and O–H groups in total. The molecular weight excluding hydrogens is 606 g/mol. The molecule has 9 atom stereocenters. The van der Waals surface area contributed by atoms with Crippen molar-refractivity contribution in [2.75, 3.05) is 20.2 Å². The molecule has 0 aromatic heterocycles. The number of nitrogens with one attached hydrogen (secondary N) is 2. The molecule has 0 heterocycles. The van der Waals surface area contributed by atoms with Crippen LogP contribution in [0.15, 0.2) is 30.3 Å². The molecule has 6 nitrogen and oxygen atoms in total. The molecule has 4 saturated carbocycles. The molecule has 0 radical (unpaired) electrons. The van der Waals surface area contributed by atoms with Crippen molar-refractivity contribution in [2.45, 2.75) is 161 Å². The normalized spacial score (nSPS) is 32.8. The van der Waals surface area contributed by atoms with Crippen molar-refractivity contribution in [3.8, 4) is 0 Å². The van der Waals surface area contributed by atoms with Gasteiger partial charge < -0.3 is 21.1 Å². The molecule has 49 heavy (non-hydrogen) atoms. The highest BCUT2D eigenvalue weighted by molar-refractivity contribution is 5.84. The number of fused-ring (bicyclic) bond motifs is 5. The van der Waals surface area contributed by atoms with E-state index in [1.165, 1.54) is 123 Å². The first-order chi connectivity index (χ1) is 23.8. The molecule has 0 bridgehead atoms. The van der Waals surface area contributed by atoms with Gasteiger partial charge in [0, 0.05) is 18.9 Å². The maximum atomic E-state index is 13.0. The average molecular weight is 678 g/mol. The number of hydrogen-bond donors (Lipinski definition) is 3. The van der Waals surface area contributed by atoms with E-state index in [2.05, 4.69) is 24.5 Å². The number of amides is 1. The molecule has 1 amide bonds. The van der Waals surface area contributed by atoms with E-state index in [9.17, 15) is 9.59 Å². The third-order valence-corrected chi connectivity index (χ3v) is 14.5. The zero-order chi connectivity index (χ0) is 34.7. The van der Waals surface area contributed by atoms with Crippen LogP contribution in [0.4, 0.5) is 0 Å². The van der Waals surface area contributed by atoms with E-state index in [1.54, 1.807) is 0 Å². The summed E-state index contributed by atoms with van der Waals surface area (Å²) < 4.78 is 5.01. The van der Waals surface area contributed by atoms with E-state index < -0.39 is 6.04 Å². The first-order valence-electron chi connectivity index (χ1n) is 20.6. The lowest BCUT2D eigenvalue weighted by Crippen LogP contribution is -2.55. The number of carbonyl (C=O) groups is 2. The maximum Gasteiger partial charge on any atom is 0.328 e. The fourth-order valence-electron chi connectivity index (χ4n) is 11.6. The Morgan fingerprint density at radius 1 is 0.837 bits per heavy atom. The molecule has 4 aliphatic carbocycles. The van der Waals surface area contributed by atoms with Crippen molar-refractivity contribution in [1.82, 2.24) is 10.6 Å². The van der Waals surface area contributed by atoms with Crippen LogP contribution >= 0.6 is 0 Å². The number of hydrogen-bond acceptors (Lipinski definition) is 5. The lowest BCUT2D eigenvalue weighted by molar-refractivity contribution is -0.145. The van der Waals surface area contributed by atoms with Crippen LogP contribution < -0.4 is 16.4 Å². The zero-order valence-electron chi connectivity index (χ0n) is 31.5. The lowest BCUT2D eigenvalue weighted by Gasteiger charge is -2.61. The first kappa shape index (κ1) is 38.3. The minimum Gasteiger partial charge on any atom is -0.467 e. The Morgan fingerprint density at radius 3 is 2.27 bits per heavy atom. The SMILES string of the molecule is COC(=O)C(Cc1ccccc1)NC(=O)CCCC1CCC2C3CCC4CC(NCCCCCCCCCCN)CCC4(C)C3CCC12C. The van der Waals surface area contributed by atoms with Crippen LogP contribution in [-0.4, -0.2) is 44.2 Å². The summed E-state index contributed by atoms with van der Waals surface area (Å²) in [6.45, 7) is 7.37. The van der Waals surface area contributed by atoms with E-state index in [4.69, 9.17) is 10.5 Å². The smallest absolute Gasteiger partial charge is 0.328 e. The van der Waals surface area contributed by atoms with E-state index in [-0.39, 0.29) is 11.9 Å². The van der Waals surface area contributed by atoms with Crippen molar-refractivity contribution >= 4 is 11.9 Å². The number of benzene rings is 1. The van der Waals surface area contributed by atoms with E-state index >= 15 is 0 Å². The van der Waals surface area contributed by atoms with E-state index in [0.717, 1.165) is 54.7 Å². The van der Waals surface area contributed by atoms with Crippen LogP contribution in [0.1, 0.15) is 148 Å². The molecule has 0 spiro atoms. The predicted molar refractivity (Wildman–Crippen MR) is 201 cm³/mol. The summed E-state index contributed by atoms with van der Waals surface area (Å²) in [5.74, 6) is 3.86. The number of carbonyl (C=O) groups excluding carboxylic acids is 2. The summed E-state index contributed by atoms with van der Waals surface area (Å²) in [5.41, 5.74) is 7.58. The highest BCUT2D eigenvalue weighted by Crippen LogP contribution is 2.67. The standard InChI is InChI=1S/C43H71N3O3/c1-42-27-25-38-36(22-20-34-31-35(24-26-43(34,38)2)45-29-14-9-7-5-4-6-8-13-28-44)37(42)23-21-33(42)18-15-19-40(47)46-39(41(48)49-3)30-32-16-11-10-12-17-32/h10-12,16-17,33-39,45H,4-9,13-15,18-31,44H2,1-3H3,(H,46,47). The van der Waals surface area contributed by atoms with Gasteiger partial charge in [-0.3, -0.25) is 4.79 Å². The highest BCUT2D eigenvalue weighted by atomic mass is 16.5. The molecular formula is C43H71N3O3. The molecule has 1 aromatic rings. The van der Waals surface area contributed by atoms with Gasteiger partial charge in [0.05, 0.1) is 7.11 Å². The number of ether oxygens (including phenoxy) is 1. The van der Waals surface area contributed by atoms with Gasteiger partial charge in [-0.25, -0.2) is 4.79 Å². The molecule has 0 saturated heterocycles. The minimum absolute atomic E-state index is 0.0317. The largest absolute Gasteiger partial charge is 0.467 e. The van der Waals surface area contributed by atoms with Gasteiger partial charge in [-0.05, 0) is 143 Å². The second-order valence-electron chi connectivity index (χ2n) is 17.2. The Bertz CT molecular complexity index is 1160. The summed E-state index contributed by atoms with van der Waals surface area (Å²) in [5, 5.41) is 6.99. The molecule has 276 valence electrons. The average Bonchev–Trinajstić information content (AvgIpc) is 3.44. The van der Waals surface area contributed by atoms with Crippen LogP contribution in [0.2, 0.25) is 0 Å².